The molecule has 0 amide bonds. The Hall–Kier alpha value is -1.63. The molecule has 0 spiro atoms. The Labute approximate surface area is 102 Å². The van der Waals surface area contributed by atoms with Crippen molar-refractivity contribution in [2.45, 2.75) is 0 Å². The summed E-state index contributed by atoms with van der Waals surface area (Å²) in [5, 5.41) is 11.5. The van der Waals surface area contributed by atoms with Crippen LogP contribution in [0, 0.1) is 11.3 Å². The number of hydrogen-bond donors (Lipinski definition) is 0. The van der Waals surface area contributed by atoms with Crippen molar-refractivity contribution in [1.82, 2.24) is 0 Å². The fourth-order valence-electron chi connectivity index (χ4n) is 1.20. The van der Waals surface area contributed by atoms with Crippen molar-refractivity contribution in [1.29, 1.82) is 5.26 Å². The van der Waals surface area contributed by atoms with Crippen LogP contribution in [0.5, 0.6) is 0 Å². The van der Waals surface area contributed by atoms with E-state index in [1.807, 2.05) is 17.5 Å². The van der Waals surface area contributed by atoms with Crippen LogP contribution < -0.4 is 0 Å². The van der Waals surface area contributed by atoms with Crippen LogP contribution in [0.3, 0.4) is 0 Å². The smallest absolute Gasteiger partial charge is 0.101 e. The SMILES string of the molecule is N#Cc1ccc(Cl)cc1N=Cc1cccs1. The number of halogens is 1. The van der Waals surface area contributed by atoms with E-state index in [0.717, 1.165) is 4.88 Å². The average Bonchev–Trinajstić information content (AvgIpc) is 2.79. The summed E-state index contributed by atoms with van der Waals surface area (Å²) in [7, 11) is 0. The Bertz CT molecular complexity index is 553. The van der Waals surface area contributed by atoms with Crippen molar-refractivity contribution in [2.75, 3.05) is 0 Å². The Morgan fingerprint density at radius 1 is 1.38 bits per heavy atom. The van der Waals surface area contributed by atoms with Crippen LogP contribution in [0.25, 0.3) is 0 Å². The molecule has 16 heavy (non-hydrogen) atoms. The highest BCUT2D eigenvalue weighted by atomic mass is 35.5. The van der Waals surface area contributed by atoms with E-state index in [9.17, 15) is 0 Å². The highest BCUT2D eigenvalue weighted by Crippen LogP contribution is 2.23. The minimum absolute atomic E-state index is 0.525. The van der Waals surface area contributed by atoms with Crippen molar-refractivity contribution >= 4 is 34.8 Å². The molecular formula is C12H7ClN2S. The standard InChI is InChI=1S/C12H7ClN2S/c13-10-4-3-9(7-14)12(6-10)15-8-11-2-1-5-16-11/h1-6,8H. The molecule has 1 heterocycles. The molecule has 0 bridgehead atoms. The summed E-state index contributed by atoms with van der Waals surface area (Å²) < 4.78 is 0. The van der Waals surface area contributed by atoms with Gasteiger partial charge in [0.2, 0.25) is 0 Å². The lowest BCUT2D eigenvalue weighted by molar-refractivity contribution is 1.44. The summed E-state index contributed by atoms with van der Waals surface area (Å²) in [6, 6.07) is 11.0. The molecule has 1 aromatic carbocycles. The predicted molar refractivity (Wildman–Crippen MR) is 67.7 cm³/mol. The van der Waals surface area contributed by atoms with Gasteiger partial charge in [-0.25, -0.2) is 0 Å². The molecular weight excluding hydrogens is 240 g/mol. The zero-order valence-corrected chi connectivity index (χ0v) is 9.79. The molecule has 0 unspecified atom stereocenters. The highest BCUT2D eigenvalue weighted by molar-refractivity contribution is 7.11. The lowest BCUT2D eigenvalue weighted by Crippen LogP contribution is -1.78. The Balaban J connectivity index is 2.34. The lowest BCUT2D eigenvalue weighted by atomic mass is 10.2. The maximum atomic E-state index is 8.90. The molecule has 0 N–H and O–H groups in total. The first-order valence-electron chi connectivity index (χ1n) is 4.57. The van der Waals surface area contributed by atoms with Crippen molar-refractivity contribution in [3.63, 3.8) is 0 Å². The fraction of sp³-hybridized carbons (Fsp3) is 0. The summed E-state index contributed by atoms with van der Waals surface area (Å²) >= 11 is 7.45. The third-order valence-electron chi connectivity index (χ3n) is 1.95. The van der Waals surface area contributed by atoms with Crippen LogP contribution in [0.2, 0.25) is 5.02 Å². The number of thiophene rings is 1. The molecule has 0 fully saturated rings. The first kappa shape index (κ1) is 10.9. The van der Waals surface area contributed by atoms with Gasteiger partial charge in [0, 0.05) is 16.1 Å². The number of benzene rings is 1. The third-order valence-corrected chi connectivity index (χ3v) is 3.00. The van der Waals surface area contributed by atoms with Gasteiger partial charge in [-0.3, -0.25) is 4.99 Å². The van der Waals surface area contributed by atoms with Gasteiger partial charge in [0.25, 0.3) is 0 Å². The second-order valence-electron chi connectivity index (χ2n) is 3.05. The van der Waals surface area contributed by atoms with Crippen LogP contribution in [-0.2, 0) is 0 Å². The van der Waals surface area contributed by atoms with Crippen LogP contribution in [0.4, 0.5) is 5.69 Å². The van der Waals surface area contributed by atoms with Gasteiger partial charge in [-0.1, -0.05) is 17.7 Å². The van der Waals surface area contributed by atoms with E-state index in [-0.39, 0.29) is 0 Å². The monoisotopic (exact) mass is 246 g/mol. The van der Waals surface area contributed by atoms with E-state index in [1.165, 1.54) is 0 Å². The van der Waals surface area contributed by atoms with Gasteiger partial charge >= 0.3 is 0 Å². The van der Waals surface area contributed by atoms with Gasteiger partial charge in [-0.15, -0.1) is 11.3 Å². The largest absolute Gasteiger partial charge is 0.254 e. The molecule has 4 heteroatoms. The van der Waals surface area contributed by atoms with E-state index in [2.05, 4.69) is 11.1 Å². The van der Waals surface area contributed by atoms with Gasteiger partial charge < -0.3 is 0 Å². The molecule has 0 aliphatic heterocycles. The first-order valence-corrected chi connectivity index (χ1v) is 5.82. The van der Waals surface area contributed by atoms with Crippen molar-refractivity contribution < 1.29 is 0 Å². The van der Waals surface area contributed by atoms with Gasteiger partial charge in [0.15, 0.2) is 0 Å². The molecule has 2 nitrogen and oxygen atoms in total. The molecule has 0 atom stereocenters. The topological polar surface area (TPSA) is 36.1 Å². The number of hydrogen-bond acceptors (Lipinski definition) is 3. The molecule has 0 saturated heterocycles. The van der Waals surface area contributed by atoms with E-state index in [0.29, 0.717) is 16.3 Å². The molecule has 2 rings (SSSR count). The second kappa shape index (κ2) is 4.93. The minimum Gasteiger partial charge on any atom is -0.254 e. The minimum atomic E-state index is 0.525. The maximum absolute atomic E-state index is 8.90. The molecule has 0 aliphatic rings. The Morgan fingerprint density at radius 3 is 2.94 bits per heavy atom. The van der Waals surface area contributed by atoms with Crippen molar-refractivity contribution in [3.05, 3.63) is 51.2 Å². The van der Waals surface area contributed by atoms with Gasteiger partial charge in [0.05, 0.1) is 11.3 Å². The second-order valence-corrected chi connectivity index (χ2v) is 4.46. The molecule has 2 aromatic rings. The highest BCUT2D eigenvalue weighted by Gasteiger charge is 2.00. The first-order chi connectivity index (χ1) is 7.79. The molecule has 78 valence electrons. The summed E-state index contributed by atoms with van der Waals surface area (Å²) in [6.45, 7) is 0. The quantitative estimate of drug-likeness (QED) is 0.737. The Kier molecular flexibility index (Phi) is 3.35. The molecule has 0 radical (unpaired) electrons. The third kappa shape index (κ3) is 2.48. The average molecular weight is 247 g/mol. The fourth-order valence-corrected chi connectivity index (χ4v) is 1.96. The summed E-state index contributed by atoms with van der Waals surface area (Å²) in [5.74, 6) is 0. The van der Waals surface area contributed by atoms with Crippen molar-refractivity contribution in [3.8, 4) is 6.07 Å². The molecule has 0 saturated carbocycles. The predicted octanol–water partition coefficient (Wildman–Crippen LogP) is 4.02. The van der Waals surface area contributed by atoms with E-state index in [1.54, 1.807) is 35.8 Å². The maximum Gasteiger partial charge on any atom is 0.101 e. The van der Waals surface area contributed by atoms with Crippen molar-refractivity contribution in [2.24, 2.45) is 4.99 Å². The summed E-state index contributed by atoms with van der Waals surface area (Å²) in [5.41, 5.74) is 1.13. The van der Waals surface area contributed by atoms with E-state index >= 15 is 0 Å². The van der Waals surface area contributed by atoms with Crippen LogP contribution in [-0.4, -0.2) is 6.21 Å². The number of rotatable bonds is 2. The van der Waals surface area contributed by atoms with E-state index < -0.39 is 0 Å². The number of aliphatic imine (C=N–C) groups is 1. The van der Waals surface area contributed by atoms with E-state index in [4.69, 9.17) is 16.9 Å². The van der Waals surface area contributed by atoms with Gasteiger partial charge in [-0.2, -0.15) is 5.26 Å². The zero-order valence-electron chi connectivity index (χ0n) is 8.22. The van der Waals surface area contributed by atoms with Gasteiger partial charge in [-0.05, 0) is 29.6 Å². The number of nitriles is 1. The lowest BCUT2D eigenvalue weighted by Gasteiger charge is -1.97. The van der Waals surface area contributed by atoms with Crippen LogP contribution >= 0.6 is 22.9 Å². The Morgan fingerprint density at radius 2 is 2.25 bits per heavy atom. The summed E-state index contributed by atoms with van der Waals surface area (Å²) in [4.78, 5) is 5.30. The molecule has 1 aromatic heterocycles. The number of nitrogens with zero attached hydrogens (tertiary/aromatic N) is 2. The zero-order chi connectivity index (χ0) is 11.4. The normalized spacial score (nSPS) is 10.5. The van der Waals surface area contributed by atoms with Crippen LogP contribution in [0.15, 0.2) is 40.7 Å². The molecule has 0 aliphatic carbocycles. The van der Waals surface area contributed by atoms with Gasteiger partial charge in [0.1, 0.15) is 6.07 Å². The van der Waals surface area contributed by atoms with Crippen LogP contribution in [0.1, 0.15) is 10.4 Å². The summed E-state index contributed by atoms with van der Waals surface area (Å²) in [6.07, 6.45) is 1.73.